The fourth-order valence-corrected chi connectivity index (χ4v) is 1.43. The van der Waals surface area contributed by atoms with Crippen LogP contribution < -0.4 is 5.11 Å². The van der Waals surface area contributed by atoms with Crippen molar-refractivity contribution in [3.8, 4) is 0 Å². The molecule has 1 aromatic rings. The van der Waals surface area contributed by atoms with Gasteiger partial charge in [0.15, 0.2) is 11.6 Å². The molecule has 0 N–H and O–H groups in total. The SMILES string of the molecule is O=C(/C=C(\[O-])c1c(F)c(F)nc(F)c1F)C(F)(C(F)(F)F)C(F)(F)F. The normalized spacial score (nSPS) is 14.0. The Balaban J connectivity index is 3.57. The topological polar surface area (TPSA) is 53.0 Å². The summed E-state index contributed by atoms with van der Waals surface area (Å²) in [5.74, 6) is -16.5. The Labute approximate surface area is 129 Å². The van der Waals surface area contributed by atoms with Gasteiger partial charge in [0.25, 0.3) is 11.9 Å². The number of halogens is 11. The Morgan fingerprint density at radius 3 is 1.52 bits per heavy atom. The molecule has 0 aromatic carbocycles. The van der Waals surface area contributed by atoms with Crippen molar-refractivity contribution in [2.75, 3.05) is 0 Å². The maximum Gasteiger partial charge on any atom is 0.439 e. The number of nitrogens with zero attached hydrogens (tertiary/aromatic N) is 1. The largest absolute Gasteiger partial charge is 0.872 e. The van der Waals surface area contributed by atoms with E-state index in [1.54, 1.807) is 0 Å². The van der Waals surface area contributed by atoms with Crippen LogP contribution in [-0.4, -0.2) is 28.8 Å². The number of allylic oxidation sites excluding steroid dienone is 1. The average Bonchev–Trinajstić information content (AvgIpc) is 2.41. The zero-order valence-electron chi connectivity index (χ0n) is 11.0. The average molecular weight is 388 g/mol. The first kappa shape index (κ1) is 20.6. The van der Waals surface area contributed by atoms with Gasteiger partial charge in [-0.1, -0.05) is 5.76 Å². The third-order valence-electron chi connectivity index (χ3n) is 2.63. The second-order valence-electron chi connectivity index (χ2n) is 4.22. The minimum atomic E-state index is -6.90. The molecular formula is C11HF11NO2-. The molecule has 1 rings (SSSR count). The fraction of sp³-hybridized carbons (Fsp3) is 0.273. The Morgan fingerprint density at radius 2 is 1.20 bits per heavy atom. The minimum Gasteiger partial charge on any atom is -0.872 e. The van der Waals surface area contributed by atoms with E-state index in [-0.39, 0.29) is 0 Å². The van der Waals surface area contributed by atoms with Crippen molar-refractivity contribution in [2.45, 2.75) is 18.0 Å². The Morgan fingerprint density at radius 1 is 0.840 bits per heavy atom. The van der Waals surface area contributed by atoms with Crippen LogP contribution in [0, 0.1) is 23.5 Å². The van der Waals surface area contributed by atoms with Gasteiger partial charge in [0.1, 0.15) is 0 Å². The number of alkyl halides is 7. The van der Waals surface area contributed by atoms with Gasteiger partial charge in [-0.05, 0) is 6.08 Å². The monoisotopic (exact) mass is 388 g/mol. The van der Waals surface area contributed by atoms with Crippen molar-refractivity contribution < 1.29 is 58.2 Å². The number of hydrogen-bond acceptors (Lipinski definition) is 3. The molecular weight excluding hydrogens is 387 g/mol. The summed E-state index contributed by atoms with van der Waals surface area (Å²) in [6.45, 7) is 0. The fourth-order valence-electron chi connectivity index (χ4n) is 1.43. The van der Waals surface area contributed by atoms with E-state index in [0.717, 1.165) is 0 Å². The number of rotatable bonds is 3. The summed E-state index contributed by atoms with van der Waals surface area (Å²) in [6.07, 6.45) is -15.1. The summed E-state index contributed by atoms with van der Waals surface area (Å²) in [5.41, 5.74) is -8.96. The molecule has 0 saturated heterocycles. The molecule has 0 amide bonds. The minimum absolute atomic E-state index is 1.32. The standard InChI is InChI=1S/C11H2F11NO2/c12-5-4(6(13)8(15)23-7(5)14)2(24)1-3(25)9(16,10(17,18)19)11(20,21)22/h1,24H/p-1/b2-1-. The predicted octanol–water partition coefficient (Wildman–Crippen LogP) is 2.74. The van der Waals surface area contributed by atoms with Crippen LogP contribution in [0.5, 0.6) is 0 Å². The second-order valence-corrected chi connectivity index (χ2v) is 4.22. The molecule has 0 aliphatic heterocycles. The van der Waals surface area contributed by atoms with E-state index in [4.69, 9.17) is 0 Å². The van der Waals surface area contributed by atoms with Crippen LogP contribution in [0.1, 0.15) is 5.56 Å². The highest BCUT2D eigenvalue weighted by molar-refractivity contribution is 6.02. The van der Waals surface area contributed by atoms with Crippen molar-refractivity contribution >= 4 is 11.5 Å². The molecule has 0 aliphatic rings. The highest BCUT2D eigenvalue weighted by Crippen LogP contribution is 2.47. The molecule has 0 atom stereocenters. The summed E-state index contributed by atoms with van der Waals surface area (Å²) in [5, 5.41) is 11.3. The number of carbonyl (C=O) groups excluding carboxylic acids is 1. The van der Waals surface area contributed by atoms with Gasteiger partial charge in [-0.25, -0.2) is 13.2 Å². The van der Waals surface area contributed by atoms with Gasteiger partial charge < -0.3 is 5.11 Å². The molecule has 3 nitrogen and oxygen atoms in total. The summed E-state index contributed by atoms with van der Waals surface area (Å²) in [7, 11) is 0. The summed E-state index contributed by atoms with van der Waals surface area (Å²) < 4.78 is 139. The van der Waals surface area contributed by atoms with Gasteiger partial charge in [0, 0.05) is 5.56 Å². The van der Waals surface area contributed by atoms with Crippen molar-refractivity contribution in [3.63, 3.8) is 0 Å². The molecule has 0 unspecified atom stereocenters. The molecule has 0 bridgehead atoms. The van der Waals surface area contributed by atoms with Crippen LogP contribution in [0.2, 0.25) is 0 Å². The molecule has 0 aliphatic carbocycles. The predicted molar refractivity (Wildman–Crippen MR) is 53.0 cm³/mol. The van der Waals surface area contributed by atoms with Crippen molar-refractivity contribution in [3.05, 3.63) is 35.2 Å². The number of hydrogen-bond donors (Lipinski definition) is 0. The molecule has 140 valence electrons. The second kappa shape index (κ2) is 6.15. The lowest BCUT2D eigenvalue weighted by Gasteiger charge is -2.28. The first-order chi connectivity index (χ1) is 11.1. The number of aromatic nitrogens is 1. The lowest BCUT2D eigenvalue weighted by atomic mass is 9.97. The molecule has 1 aromatic heterocycles. The van der Waals surface area contributed by atoms with Crippen molar-refractivity contribution in [1.82, 2.24) is 4.98 Å². The Bertz CT molecular complexity index is 695. The van der Waals surface area contributed by atoms with Gasteiger partial charge in [0.2, 0.25) is 5.78 Å². The third kappa shape index (κ3) is 3.37. The smallest absolute Gasteiger partial charge is 0.439 e. The van der Waals surface area contributed by atoms with E-state index in [1.807, 2.05) is 4.98 Å². The number of pyridine rings is 1. The van der Waals surface area contributed by atoms with Crippen LogP contribution in [-0.2, 0) is 4.79 Å². The highest BCUT2D eigenvalue weighted by atomic mass is 19.4. The first-order valence-corrected chi connectivity index (χ1v) is 5.51. The van der Waals surface area contributed by atoms with E-state index in [2.05, 4.69) is 0 Å². The van der Waals surface area contributed by atoms with Gasteiger partial charge in [-0.15, -0.1) is 0 Å². The van der Waals surface area contributed by atoms with E-state index >= 15 is 0 Å². The van der Waals surface area contributed by atoms with Crippen LogP contribution in [0.3, 0.4) is 0 Å². The van der Waals surface area contributed by atoms with E-state index in [1.165, 1.54) is 0 Å². The third-order valence-corrected chi connectivity index (χ3v) is 2.63. The van der Waals surface area contributed by atoms with Crippen LogP contribution in [0.4, 0.5) is 48.3 Å². The molecule has 0 radical (unpaired) electrons. The van der Waals surface area contributed by atoms with E-state index in [0.29, 0.717) is 0 Å². The van der Waals surface area contributed by atoms with Crippen LogP contribution in [0.15, 0.2) is 6.08 Å². The first-order valence-electron chi connectivity index (χ1n) is 5.51. The molecule has 0 saturated carbocycles. The van der Waals surface area contributed by atoms with Gasteiger partial charge in [-0.2, -0.15) is 40.1 Å². The molecule has 1 heterocycles. The molecule has 0 spiro atoms. The lowest BCUT2D eigenvalue weighted by molar-refractivity contribution is -0.323. The van der Waals surface area contributed by atoms with E-state index < -0.39 is 64.7 Å². The van der Waals surface area contributed by atoms with E-state index in [9.17, 15) is 58.2 Å². The maximum atomic E-state index is 13.3. The number of carbonyl (C=O) groups is 1. The highest BCUT2D eigenvalue weighted by Gasteiger charge is 2.76. The summed E-state index contributed by atoms with van der Waals surface area (Å²) in [6, 6.07) is 0. The van der Waals surface area contributed by atoms with Crippen LogP contribution >= 0.6 is 0 Å². The lowest BCUT2D eigenvalue weighted by Crippen LogP contribution is -2.58. The Kier molecular flexibility index (Phi) is 5.07. The molecule has 25 heavy (non-hydrogen) atoms. The van der Waals surface area contributed by atoms with Gasteiger partial charge >= 0.3 is 18.0 Å². The maximum absolute atomic E-state index is 13.3. The quantitative estimate of drug-likeness (QED) is 0.347. The van der Waals surface area contributed by atoms with Crippen molar-refractivity contribution in [2.24, 2.45) is 0 Å². The Hall–Kier alpha value is -2.41. The van der Waals surface area contributed by atoms with Gasteiger partial charge in [-0.3, -0.25) is 4.79 Å². The van der Waals surface area contributed by atoms with Crippen LogP contribution in [0.25, 0.3) is 5.76 Å². The number of ketones is 1. The molecule has 0 fully saturated rings. The van der Waals surface area contributed by atoms with Gasteiger partial charge in [0.05, 0.1) is 0 Å². The summed E-state index contributed by atoms with van der Waals surface area (Å²) >= 11 is 0. The zero-order chi connectivity index (χ0) is 20.0. The summed E-state index contributed by atoms with van der Waals surface area (Å²) in [4.78, 5) is 12.9. The molecule has 14 heteroatoms. The van der Waals surface area contributed by atoms with Crippen molar-refractivity contribution in [1.29, 1.82) is 0 Å². The zero-order valence-corrected chi connectivity index (χ0v) is 11.0.